The number of benzene rings is 1. The molecule has 1 aromatic carbocycles. The van der Waals surface area contributed by atoms with Crippen molar-refractivity contribution in [3.8, 4) is 5.75 Å². The molecule has 0 aliphatic heterocycles. The highest BCUT2D eigenvalue weighted by Gasteiger charge is 2.34. The first-order chi connectivity index (χ1) is 9.02. The summed E-state index contributed by atoms with van der Waals surface area (Å²) in [4.78, 5) is 15.9. The van der Waals surface area contributed by atoms with Crippen LogP contribution in [0.2, 0.25) is 0 Å². The van der Waals surface area contributed by atoms with E-state index in [2.05, 4.69) is 4.98 Å². The Bertz CT molecular complexity index is 568. The quantitative estimate of drug-likeness (QED) is 0.873. The van der Waals surface area contributed by atoms with Gasteiger partial charge in [0, 0.05) is 12.4 Å². The fourth-order valence-electron chi connectivity index (χ4n) is 2.03. The summed E-state index contributed by atoms with van der Waals surface area (Å²) in [6.07, 6.45) is 3.87. The van der Waals surface area contributed by atoms with E-state index in [0.717, 1.165) is 11.1 Å². The average molecular weight is 276 g/mol. The van der Waals surface area contributed by atoms with Gasteiger partial charge in [-0.15, -0.1) is 0 Å². The molecule has 4 heteroatoms. The van der Waals surface area contributed by atoms with Crippen LogP contribution in [0, 0.1) is 0 Å². The van der Waals surface area contributed by atoms with E-state index in [1.807, 2.05) is 12.1 Å². The van der Waals surface area contributed by atoms with E-state index in [9.17, 15) is 9.90 Å². The molecule has 1 heterocycles. The van der Waals surface area contributed by atoms with Gasteiger partial charge in [0.15, 0.2) is 0 Å². The topological polar surface area (TPSA) is 50.2 Å². The molecule has 0 saturated carbocycles. The third-order valence-electron chi connectivity index (χ3n) is 3.22. The summed E-state index contributed by atoms with van der Waals surface area (Å²) in [5, 5.41) is 8.89. The fraction of sp³-hybridized carbons (Fsp3) is 0.200. The molecule has 0 aliphatic rings. The number of nitrogens with zero attached hydrogens (tertiary/aromatic N) is 1. The largest absolute Gasteiger partial charge is 0.508 e. The minimum atomic E-state index is -0.835. The van der Waals surface area contributed by atoms with E-state index in [0.29, 0.717) is 6.42 Å². The first-order valence-electron chi connectivity index (χ1n) is 5.91. The summed E-state index contributed by atoms with van der Waals surface area (Å²) in [6.45, 7) is 1.79. The maximum absolute atomic E-state index is 11.8. The Labute approximate surface area is 116 Å². The summed E-state index contributed by atoms with van der Waals surface area (Å²) < 4.78 is 0. The molecule has 0 spiro atoms. The lowest BCUT2D eigenvalue weighted by Gasteiger charge is -2.26. The van der Waals surface area contributed by atoms with Crippen molar-refractivity contribution >= 4 is 16.8 Å². The predicted molar refractivity (Wildman–Crippen MR) is 74.3 cm³/mol. The van der Waals surface area contributed by atoms with Crippen molar-refractivity contribution in [1.29, 1.82) is 0 Å². The van der Waals surface area contributed by atoms with Gasteiger partial charge >= 0.3 is 0 Å². The molecule has 1 unspecified atom stereocenters. The number of rotatable bonds is 4. The van der Waals surface area contributed by atoms with Gasteiger partial charge in [-0.1, -0.05) is 18.2 Å². The third kappa shape index (κ3) is 2.93. The second-order valence-corrected chi connectivity index (χ2v) is 5.03. The van der Waals surface area contributed by atoms with Gasteiger partial charge in [0.05, 0.1) is 5.41 Å². The summed E-state index contributed by atoms with van der Waals surface area (Å²) in [5.41, 5.74) is 0.874. The van der Waals surface area contributed by atoms with Crippen LogP contribution >= 0.6 is 11.6 Å². The Kier molecular flexibility index (Phi) is 3.86. The van der Waals surface area contributed by atoms with Crippen molar-refractivity contribution in [2.75, 3.05) is 0 Å². The molecule has 1 N–H and O–H groups in total. The first-order valence-corrected chi connectivity index (χ1v) is 6.28. The van der Waals surface area contributed by atoms with Crippen LogP contribution in [0.4, 0.5) is 0 Å². The standard InChI is InChI=1S/C15H14ClNO2/c1-15(14(16)19,9-11-3-2-8-17-10-11)12-4-6-13(18)7-5-12/h2-8,10,18H,9H2,1H3. The highest BCUT2D eigenvalue weighted by Crippen LogP contribution is 2.31. The highest BCUT2D eigenvalue weighted by atomic mass is 35.5. The molecule has 0 saturated heterocycles. The number of aromatic nitrogens is 1. The van der Waals surface area contributed by atoms with Crippen LogP contribution in [0.15, 0.2) is 48.8 Å². The van der Waals surface area contributed by atoms with Crippen molar-refractivity contribution in [3.05, 3.63) is 59.9 Å². The van der Waals surface area contributed by atoms with E-state index < -0.39 is 10.7 Å². The Morgan fingerprint density at radius 3 is 2.53 bits per heavy atom. The lowest BCUT2D eigenvalue weighted by molar-refractivity contribution is -0.116. The molecule has 19 heavy (non-hydrogen) atoms. The van der Waals surface area contributed by atoms with Crippen LogP contribution in [0.5, 0.6) is 5.75 Å². The minimum Gasteiger partial charge on any atom is -0.508 e. The van der Waals surface area contributed by atoms with Gasteiger partial charge in [-0.25, -0.2) is 0 Å². The summed E-state index contributed by atoms with van der Waals surface area (Å²) >= 11 is 5.79. The van der Waals surface area contributed by atoms with Gasteiger partial charge in [0.1, 0.15) is 5.75 Å². The van der Waals surface area contributed by atoms with Crippen LogP contribution in [0.3, 0.4) is 0 Å². The summed E-state index contributed by atoms with van der Waals surface area (Å²) in [7, 11) is 0. The van der Waals surface area contributed by atoms with E-state index in [4.69, 9.17) is 11.6 Å². The Morgan fingerprint density at radius 1 is 1.32 bits per heavy atom. The molecule has 0 fully saturated rings. The Hall–Kier alpha value is -1.87. The normalized spacial score (nSPS) is 13.8. The Morgan fingerprint density at radius 2 is 2.00 bits per heavy atom. The van der Waals surface area contributed by atoms with Crippen LogP contribution < -0.4 is 0 Å². The molecule has 98 valence electrons. The lowest BCUT2D eigenvalue weighted by Crippen LogP contribution is -2.31. The molecule has 2 aromatic rings. The Balaban J connectivity index is 2.38. The van der Waals surface area contributed by atoms with Crippen LogP contribution in [0.25, 0.3) is 0 Å². The number of phenols is 1. The van der Waals surface area contributed by atoms with E-state index >= 15 is 0 Å². The van der Waals surface area contributed by atoms with Gasteiger partial charge in [0.2, 0.25) is 5.24 Å². The first kappa shape index (κ1) is 13.6. The number of aromatic hydroxyl groups is 1. The van der Waals surface area contributed by atoms with Crippen molar-refractivity contribution in [2.45, 2.75) is 18.8 Å². The van der Waals surface area contributed by atoms with Crippen LogP contribution in [-0.2, 0) is 16.6 Å². The zero-order chi connectivity index (χ0) is 13.9. The second-order valence-electron chi connectivity index (χ2n) is 4.69. The number of carbonyl (C=O) groups excluding carboxylic acids is 1. The van der Waals surface area contributed by atoms with E-state index in [1.165, 1.54) is 0 Å². The number of carbonyl (C=O) groups is 1. The smallest absolute Gasteiger partial charge is 0.232 e. The van der Waals surface area contributed by atoms with Crippen molar-refractivity contribution in [1.82, 2.24) is 4.98 Å². The number of pyridine rings is 1. The molecule has 2 rings (SSSR count). The molecule has 0 radical (unpaired) electrons. The molecule has 1 atom stereocenters. The number of hydrogen-bond acceptors (Lipinski definition) is 3. The van der Waals surface area contributed by atoms with Gasteiger partial charge in [0.25, 0.3) is 0 Å². The van der Waals surface area contributed by atoms with Crippen molar-refractivity contribution < 1.29 is 9.90 Å². The third-order valence-corrected chi connectivity index (χ3v) is 3.64. The SMILES string of the molecule is CC(Cc1cccnc1)(C(=O)Cl)c1ccc(O)cc1. The van der Waals surface area contributed by atoms with Crippen LogP contribution in [-0.4, -0.2) is 15.3 Å². The fourth-order valence-corrected chi connectivity index (χ4v) is 2.20. The summed E-state index contributed by atoms with van der Waals surface area (Å²) in [5.74, 6) is 0.162. The minimum absolute atomic E-state index is 0.162. The van der Waals surface area contributed by atoms with Gasteiger partial charge in [-0.05, 0) is 54.3 Å². The van der Waals surface area contributed by atoms with Crippen molar-refractivity contribution in [2.24, 2.45) is 0 Å². The zero-order valence-corrected chi connectivity index (χ0v) is 11.3. The number of halogens is 1. The van der Waals surface area contributed by atoms with Gasteiger partial charge in [-0.3, -0.25) is 9.78 Å². The number of phenolic OH excluding ortho intramolecular Hbond substituents is 1. The lowest BCUT2D eigenvalue weighted by atomic mass is 9.78. The van der Waals surface area contributed by atoms with E-state index in [-0.39, 0.29) is 5.75 Å². The maximum atomic E-state index is 11.8. The molecular formula is C15H14ClNO2. The summed E-state index contributed by atoms with van der Waals surface area (Å²) in [6, 6.07) is 10.3. The van der Waals surface area contributed by atoms with Crippen molar-refractivity contribution in [3.63, 3.8) is 0 Å². The van der Waals surface area contributed by atoms with Gasteiger partial charge in [-0.2, -0.15) is 0 Å². The zero-order valence-electron chi connectivity index (χ0n) is 10.5. The molecular weight excluding hydrogens is 262 g/mol. The molecule has 0 bridgehead atoms. The second kappa shape index (κ2) is 5.41. The molecule has 0 aliphatic carbocycles. The van der Waals surface area contributed by atoms with Crippen LogP contribution in [0.1, 0.15) is 18.1 Å². The predicted octanol–water partition coefficient (Wildman–Crippen LogP) is 3.05. The van der Waals surface area contributed by atoms with Gasteiger partial charge < -0.3 is 5.11 Å². The molecule has 0 amide bonds. The monoisotopic (exact) mass is 275 g/mol. The number of hydrogen-bond donors (Lipinski definition) is 1. The highest BCUT2D eigenvalue weighted by molar-refractivity contribution is 6.65. The molecule has 1 aromatic heterocycles. The average Bonchev–Trinajstić information content (AvgIpc) is 2.40. The maximum Gasteiger partial charge on any atom is 0.232 e. The van der Waals surface area contributed by atoms with E-state index in [1.54, 1.807) is 43.6 Å². The molecule has 3 nitrogen and oxygen atoms in total.